The molecule has 0 fully saturated rings. The number of pyridine rings is 1. The summed E-state index contributed by atoms with van der Waals surface area (Å²) in [5.41, 5.74) is 0.754. The Morgan fingerprint density at radius 2 is 1.91 bits per heavy atom. The van der Waals surface area contributed by atoms with Gasteiger partial charge in [0, 0.05) is 23.5 Å². The largest absolute Gasteiger partial charge is 0.349 e. The molecule has 0 spiro atoms. The number of carbonyl (C=O) groups excluding carboxylic acids is 2. The average Bonchev–Trinajstić information content (AvgIpc) is 2.50. The molecule has 0 unspecified atom stereocenters. The molecular weight excluding hydrogens is 321 g/mol. The third kappa shape index (κ3) is 4.50. The first-order valence-corrected chi connectivity index (χ1v) is 7.28. The fourth-order valence-electron chi connectivity index (χ4n) is 1.81. The fourth-order valence-corrected chi connectivity index (χ4v) is 1.99. The van der Waals surface area contributed by atoms with Gasteiger partial charge in [-0.3, -0.25) is 14.6 Å². The summed E-state index contributed by atoms with van der Waals surface area (Å²) in [6.45, 7) is 3.65. The molecule has 2 aromatic rings. The molecule has 0 saturated heterocycles. The minimum absolute atomic E-state index is 0.0388. The van der Waals surface area contributed by atoms with Crippen molar-refractivity contribution >= 4 is 29.1 Å². The zero-order valence-corrected chi connectivity index (χ0v) is 13.3. The van der Waals surface area contributed by atoms with E-state index < -0.39 is 11.7 Å². The Bertz CT molecular complexity index is 750. The van der Waals surface area contributed by atoms with Crippen LogP contribution in [-0.4, -0.2) is 22.8 Å². The third-order valence-electron chi connectivity index (χ3n) is 2.85. The van der Waals surface area contributed by atoms with Crippen LogP contribution in [0.2, 0.25) is 5.02 Å². The van der Waals surface area contributed by atoms with Crippen LogP contribution >= 0.6 is 11.6 Å². The fraction of sp³-hybridized carbons (Fsp3) is 0.188. The van der Waals surface area contributed by atoms with Gasteiger partial charge >= 0.3 is 0 Å². The summed E-state index contributed by atoms with van der Waals surface area (Å²) in [6, 6.07) is 6.69. The van der Waals surface area contributed by atoms with Crippen LogP contribution in [0.1, 0.15) is 34.7 Å². The second kappa shape index (κ2) is 7.19. The SMILES string of the molecule is CC(C)NC(=O)c1cc(C(=O)Nc2ccc(F)c(Cl)c2)ccn1. The summed E-state index contributed by atoms with van der Waals surface area (Å²) in [5, 5.41) is 5.19. The first kappa shape index (κ1) is 16.9. The second-order valence-electron chi connectivity index (χ2n) is 5.14. The van der Waals surface area contributed by atoms with E-state index in [1.807, 2.05) is 13.8 Å². The number of aromatic nitrogens is 1. The van der Waals surface area contributed by atoms with Crippen molar-refractivity contribution < 1.29 is 14.0 Å². The van der Waals surface area contributed by atoms with Gasteiger partial charge in [0.15, 0.2) is 0 Å². The van der Waals surface area contributed by atoms with Gasteiger partial charge in [-0.15, -0.1) is 0 Å². The first-order valence-electron chi connectivity index (χ1n) is 6.90. The number of rotatable bonds is 4. The van der Waals surface area contributed by atoms with Crippen LogP contribution < -0.4 is 10.6 Å². The third-order valence-corrected chi connectivity index (χ3v) is 3.14. The molecule has 0 bridgehead atoms. The van der Waals surface area contributed by atoms with Crippen LogP contribution in [0.15, 0.2) is 36.5 Å². The molecule has 2 amide bonds. The van der Waals surface area contributed by atoms with Crippen molar-refractivity contribution in [2.75, 3.05) is 5.32 Å². The van der Waals surface area contributed by atoms with Gasteiger partial charge in [0.05, 0.1) is 5.02 Å². The van der Waals surface area contributed by atoms with Crippen LogP contribution in [0.5, 0.6) is 0 Å². The van der Waals surface area contributed by atoms with Crippen LogP contribution in [-0.2, 0) is 0 Å². The Labute approximate surface area is 137 Å². The maximum Gasteiger partial charge on any atom is 0.270 e. The molecule has 1 aromatic carbocycles. The van der Waals surface area contributed by atoms with Crippen LogP contribution in [0.25, 0.3) is 0 Å². The highest BCUT2D eigenvalue weighted by atomic mass is 35.5. The van der Waals surface area contributed by atoms with Crippen LogP contribution in [0, 0.1) is 5.82 Å². The Morgan fingerprint density at radius 3 is 2.57 bits per heavy atom. The van der Waals surface area contributed by atoms with Crippen molar-refractivity contribution in [3.8, 4) is 0 Å². The number of halogens is 2. The number of nitrogens with one attached hydrogen (secondary N) is 2. The summed E-state index contributed by atoms with van der Waals surface area (Å²) in [4.78, 5) is 28.1. The zero-order valence-electron chi connectivity index (χ0n) is 12.6. The van der Waals surface area contributed by atoms with Gasteiger partial charge < -0.3 is 10.6 Å². The quantitative estimate of drug-likeness (QED) is 0.900. The molecule has 1 heterocycles. The predicted octanol–water partition coefficient (Wildman–Crippen LogP) is 3.26. The molecule has 2 N–H and O–H groups in total. The molecule has 0 aliphatic carbocycles. The van der Waals surface area contributed by atoms with Crippen LogP contribution in [0.4, 0.5) is 10.1 Å². The van der Waals surface area contributed by atoms with Gasteiger partial charge in [-0.25, -0.2) is 4.39 Å². The highest BCUT2D eigenvalue weighted by molar-refractivity contribution is 6.31. The molecule has 0 atom stereocenters. The summed E-state index contributed by atoms with van der Waals surface area (Å²) < 4.78 is 13.1. The van der Waals surface area contributed by atoms with E-state index in [9.17, 15) is 14.0 Å². The summed E-state index contributed by atoms with van der Waals surface area (Å²) in [5.74, 6) is -1.38. The van der Waals surface area contributed by atoms with Crippen molar-refractivity contribution in [3.05, 3.63) is 58.6 Å². The van der Waals surface area contributed by atoms with Gasteiger partial charge in [-0.1, -0.05) is 11.6 Å². The van der Waals surface area contributed by atoms with Crippen molar-refractivity contribution in [2.45, 2.75) is 19.9 Å². The monoisotopic (exact) mass is 335 g/mol. The van der Waals surface area contributed by atoms with E-state index in [0.717, 1.165) is 6.07 Å². The van der Waals surface area contributed by atoms with Gasteiger partial charge in [0.1, 0.15) is 11.5 Å². The molecule has 5 nitrogen and oxygen atoms in total. The number of benzene rings is 1. The van der Waals surface area contributed by atoms with Crippen molar-refractivity contribution in [2.24, 2.45) is 0 Å². The second-order valence-corrected chi connectivity index (χ2v) is 5.55. The maximum absolute atomic E-state index is 13.1. The van der Waals surface area contributed by atoms with E-state index in [-0.39, 0.29) is 28.2 Å². The summed E-state index contributed by atoms with van der Waals surface area (Å²) in [6.07, 6.45) is 1.38. The lowest BCUT2D eigenvalue weighted by molar-refractivity contribution is 0.0938. The Kier molecular flexibility index (Phi) is 5.28. The number of hydrogen-bond acceptors (Lipinski definition) is 3. The van der Waals surface area contributed by atoms with E-state index >= 15 is 0 Å². The molecule has 0 aliphatic rings. The van der Waals surface area contributed by atoms with E-state index in [0.29, 0.717) is 5.69 Å². The molecule has 1 aromatic heterocycles. The molecule has 0 aliphatic heterocycles. The topological polar surface area (TPSA) is 71.1 Å². The van der Waals surface area contributed by atoms with Gasteiger partial charge in [-0.05, 0) is 44.2 Å². The lowest BCUT2D eigenvalue weighted by atomic mass is 10.2. The first-order chi connectivity index (χ1) is 10.9. The molecule has 0 radical (unpaired) electrons. The summed E-state index contributed by atoms with van der Waals surface area (Å²) >= 11 is 5.67. The van der Waals surface area contributed by atoms with Gasteiger partial charge in [0.2, 0.25) is 0 Å². The number of carbonyl (C=O) groups is 2. The normalized spacial score (nSPS) is 10.5. The Hall–Kier alpha value is -2.47. The lowest BCUT2D eigenvalue weighted by Gasteiger charge is -2.09. The minimum Gasteiger partial charge on any atom is -0.349 e. The van der Waals surface area contributed by atoms with Gasteiger partial charge in [0.25, 0.3) is 11.8 Å². The van der Waals surface area contributed by atoms with Crippen molar-refractivity contribution in [1.29, 1.82) is 0 Å². The molecule has 0 saturated carbocycles. The molecule has 7 heteroatoms. The van der Waals surface area contributed by atoms with Crippen molar-refractivity contribution in [1.82, 2.24) is 10.3 Å². The highest BCUT2D eigenvalue weighted by Gasteiger charge is 2.13. The van der Waals surface area contributed by atoms with Gasteiger partial charge in [-0.2, -0.15) is 0 Å². The maximum atomic E-state index is 13.1. The standard InChI is InChI=1S/C16H15ClFN3O2/c1-9(2)20-16(23)14-7-10(5-6-19-14)15(22)21-11-3-4-13(18)12(17)8-11/h3-9H,1-2H3,(H,20,23)(H,21,22). The Morgan fingerprint density at radius 1 is 1.17 bits per heavy atom. The minimum atomic E-state index is -0.568. The number of hydrogen-bond donors (Lipinski definition) is 2. The number of nitrogens with zero attached hydrogens (tertiary/aromatic N) is 1. The van der Waals surface area contributed by atoms with E-state index in [1.165, 1.54) is 30.5 Å². The smallest absolute Gasteiger partial charge is 0.270 e. The molecular formula is C16H15ClFN3O2. The lowest BCUT2D eigenvalue weighted by Crippen LogP contribution is -2.31. The molecule has 23 heavy (non-hydrogen) atoms. The Balaban J connectivity index is 2.16. The van der Waals surface area contributed by atoms with Crippen molar-refractivity contribution in [3.63, 3.8) is 0 Å². The van der Waals surface area contributed by atoms with E-state index in [2.05, 4.69) is 15.6 Å². The number of anilines is 1. The van der Waals surface area contributed by atoms with E-state index in [4.69, 9.17) is 11.6 Å². The highest BCUT2D eigenvalue weighted by Crippen LogP contribution is 2.20. The zero-order chi connectivity index (χ0) is 17.0. The number of amides is 2. The average molecular weight is 336 g/mol. The van der Waals surface area contributed by atoms with E-state index in [1.54, 1.807) is 0 Å². The van der Waals surface area contributed by atoms with Crippen LogP contribution in [0.3, 0.4) is 0 Å². The summed E-state index contributed by atoms with van der Waals surface area (Å²) in [7, 11) is 0. The molecule has 2 rings (SSSR count). The predicted molar refractivity (Wildman–Crippen MR) is 86.2 cm³/mol. The molecule has 120 valence electrons.